The number of carbonyl (C=O) groups is 1. The lowest BCUT2D eigenvalue weighted by atomic mass is 9.97. The standard InChI is InChI=1S/C17H25N3O3S/c18-12-17(8-1-2-9-17)20-16(21)14-4-3-5-15(10-14)24(22,23)19-11-13-6-7-13/h3-5,10,13,19H,1-2,6-9,11-12,18H2,(H,20,21). The summed E-state index contributed by atoms with van der Waals surface area (Å²) in [5.41, 5.74) is 5.85. The highest BCUT2D eigenvalue weighted by Crippen LogP contribution is 2.29. The summed E-state index contributed by atoms with van der Waals surface area (Å²) in [6.45, 7) is 0.870. The number of hydrogen-bond acceptors (Lipinski definition) is 4. The second kappa shape index (κ2) is 6.82. The van der Waals surface area contributed by atoms with Crippen LogP contribution in [0.3, 0.4) is 0 Å². The van der Waals surface area contributed by atoms with Gasteiger partial charge in [0, 0.05) is 18.7 Å². The van der Waals surface area contributed by atoms with Gasteiger partial charge in [-0.3, -0.25) is 4.79 Å². The first-order chi connectivity index (χ1) is 11.4. The average molecular weight is 351 g/mol. The predicted molar refractivity (Wildman–Crippen MR) is 92.1 cm³/mol. The van der Waals surface area contributed by atoms with Gasteiger partial charge in [-0.05, 0) is 49.8 Å². The van der Waals surface area contributed by atoms with E-state index in [0.29, 0.717) is 24.6 Å². The van der Waals surface area contributed by atoms with Crippen LogP contribution in [0, 0.1) is 5.92 Å². The van der Waals surface area contributed by atoms with Crippen molar-refractivity contribution in [3.05, 3.63) is 29.8 Å². The summed E-state index contributed by atoms with van der Waals surface area (Å²) in [5.74, 6) is 0.194. The van der Waals surface area contributed by atoms with Crippen LogP contribution in [0.25, 0.3) is 0 Å². The molecule has 0 radical (unpaired) electrons. The van der Waals surface area contributed by atoms with E-state index >= 15 is 0 Å². The number of hydrogen-bond donors (Lipinski definition) is 3. The minimum atomic E-state index is -3.57. The molecule has 1 aromatic rings. The SMILES string of the molecule is NCC1(NC(=O)c2cccc(S(=O)(=O)NCC3CC3)c2)CCCC1. The van der Waals surface area contributed by atoms with Gasteiger partial charge >= 0.3 is 0 Å². The Morgan fingerprint density at radius 1 is 1.25 bits per heavy atom. The van der Waals surface area contributed by atoms with Gasteiger partial charge in [0.05, 0.1) is 10.4 Å². The van der Waals surface area contributed by atoms with Gasteiger partial charge in [0.2, 0.25) is 10.0 Å². The first-order valence-corrected chi connectivity index (χ1v) is 10.0. The first kappa shape index (κ1) is 17.4. The molecule has 6 nitrogen and oxygen atoms in total. The Morgan fingerprint density at radius 3 is 2.58 bits per heavy atom. The van der Waals surface area contributed by atoms with Crippen LogP contribution in [0.15, 0.2) is 29.2 Å². The highest BCUT2D eigenvalue weighted by molar-refractivity contribution is 7.89. The van der Waals surface area contributed by atoms with E-state index in [1.165, 1.54) is 12.1 Å². The zero-order chi connectivity index (χ0) is 17.2. The highest BCUT2D eigenvalue weighted by Gasteiger charge is 2.34. The molecule has 24 heavy (non-hydrogen) atoms. The van der Waals surface area contributed by atoms with Crippen LogP contribution in [0.4, 0.5) is 0 Å². The smallest absolute Gasteiger partial charge is 0.251 e. The molecule has 7 heteroatoms. The van der Waals surface area contributed by atoms with Crippen LogP contribution in [0.5, 0.6) is 0 Å². The molecule has 2 aliphatic rings. The van der Waals surface area contributed by atoms with Crippen molar-refractivity contribution in [2.75, 3.05) is 13.1 Å². The van der Waals surface area contributed by atoms with Gasteiger partial charge in [0.1, 0.15) is 0 Å². The molecule has 132 valence electrons. The molecule has 1 amide bonds. The summed E-state index contributed by atoms with van der Waals surface area (Å²) in [6.07, 6.45) is 6.00. The van der Waals surface area contributed by atoms with E-state index in [2.05, 4.69) is 10.0 Å². The molecule has 2 fully saturated rings. The fraction of sp³-hybridized carbons (Fsp3) is 0.588. The third kappa shape index (κ3) is 3.96. The zero-order valence-corrected chi connectivity index (χ0v) is 14.6. The van der Waals surface area contributed by atoms with Crippen LogP contribution < -0.4 is 15.8 Å². The molecule has 1 aromatic carbocycles. The fourth-order valence-corrected chi connectivity index (χ4v) is 4.34. The molecule has 3 rings (SSSR count). The number of rotatable bonds is 7. The second-order valence-electron chi connectivity index (χ2n) is 6.97. The first-order valence-electron chi connectivity index (χ1n) is 8.56. The Kier molecular flexibility index (Phi) is 4.94. The Bertz CT molecular complexity index is 708. The Hall–Kier alpha value is -1.44. The highest BCUT2D eigenvalue weighted by atomic mass is 32.2. The number of carbonyl (C=O) groups excluding carboxylic acids is 1. The van der Waals surface area contributed by atoms with Crippen molar-refractivity contribution in [1.82, 2.24) is 10.0 Å². The quantitative estimate of drug-likeness (QED) is 0.690. The molecular weight excluding hydrogens is 326 g/mol. The Morgan fingerprint density at radius 2 is 1.96 bits per heavy atom. The van der Waals surface area contributed by atoms with E-state index in [9.17, 15) is 13.2 Å². The maximum absolute atomic E-state index is 12.5. The lowest BCUT2D eigenvalue weighted by molar-refractivity contribution is 0.0903. The number of benzene rings is 1. The third-order valence-electron chi connectivity index (χ3n) is 5.00. The minimum absolute atomic E-state index is 0.129. The van der Waals surface area contributed by atoms with Gasteiger partial charge in [0.25, 0.3) is 5.91 Å². The van der Waals surface area contributed by atoms with Crippen molar-refractivity contribution in [2.45, 2.75) is 49.0 Å². The summed E-state index contributed by atoms with van der Waals surface area (Å²) >= 11 is 0. The molecule has 0 aliphatic heterocycles. The van der Waals surface area contributed by atoms with Gasteiger partial charge in [-0.15, -0.1) is 0 Å². The second-order valence-corrected chi connectivity index (χ2v) is 8.74. The molecule has 0 unspecified atom stereocenters. The van der Waals surface area contributed by atoms with Crippen LogP contribution in [-0.2, 0) is 10.0 Å². The molecule has 0 atom stereocenters. The molecule has 0 spiro atoms. The topological polar surface area (TPSA) is 101 Å². The van der Waals surface area contributed by atoms with Gasteiger partial charge in [-0.2, -0.15) is 0 Å². The van der Waals surface area contributed by atoms with E-state index in [-0.39, 0.29) is 16.3 Å². The number of amides is 1. The third-order valence-corrected chi connectivity index (χ3v) is 6.42. The fourth-order valence-electron chi connectivity index (χ4n) is 3.18. The molecular formula is C17H25N3O3S. The molecule has 2 aliphatic carbocycles. The van der Waals surface area contributed by atoms with E-state index < -0.39 is 10.0 Å². The Labute approximate surface area is 143 Å². The van der Waals surface area contributed by atoms with E-state index in [1.54, 1.807) is 12.1 Å². The van der Waals surface area contributed by atoms with Crippen LogP contribution in [-0.4, -0.2) is 33.0 Å². The summed E-state index contributed by atoms with van der Waals surface area (Å²) < 4.78 is 27.3. The predicted octanol–water partition coefficient (Wildman–Crippen LogP) is 1.38. The molecule has 0 heterocycles. The number of sulfonamides is 1. The number of nitrogens with two attached hydrogens (primary N) is 1. The summed E-state index contributed by atoms with van der Waals surface area (Å²) in [4.78, 5) is 12.7. The van der Waals surface area contributed by atoms with E-state index in [1.807, 2.05) is 0 Å². The Balaban J connectivity index is 1.73. The van der Waals surface area contributed by atoms with Crippen molar-refractivity contribution in [3.63, 3.8) is 0 Å². The van der Waals surface area contributed by atoms with E-state index in [4.69, 9.17) is 5.73 Å². The molecule has 2 saturated carbocycles. The van der Waals surface area contributed by atoms with E-state index in [0.717, 1.165) is 38.5 Å². The van der Waals surface area contributed by atoms with Gasteiger partial charge in [-0.1, -0.05) is 18.9 Å². The normalized spacial score (nSPS) is 20.0. The molecule has 4 N–H and O–H groups in total. The lowest BCUT2D eigenvalue weighted by Crippen LogP contribution is -2.51. The van der Waals surface area contributed by atoms with Crippen molar-refractivity contribution in [1.29, 1.82) is 0 Å². The van der Waals surface area contributed by atoms with Crippen LogP contribution >= 0.6 is 0 Å². The minimum Gasteiger partial charge on any atom is -0.345 e. The zero-order valence-electron chi connectivity index (χ0n) is 13.8. The van der Waals surface area contributed by atoms with Crippen molar-refractivity contribution in [2.24, 2.45) is 11.7 Å². The largest absolute Gasteiger partial charge is 0.345 e. The van der Waals surface area contributed by atoms with Crippen LogP contribution in [0.1, 0.15) is 48.9 Å². The molecule has 0 bridgehead atoms. The van der Waals surface area contributed by atoms with Crippen molar-refractivity contribution in [3.8, 4) is 0 Å². The van der Waals surface area contributed by atoms with Gasteiger partial charge < -0.3 is 11.1 Å². The van der Waals surface area contributed by atoms with Gasteiger partial charge in [-0.25, -0.2) is 13.1 Å². The van der Waals surface area contributed by atoms with Crippen molar-refractivity contribution < 1.29 is 13.2 Å². The maximum Gasteiger partial charge on any atom is 0.251 e. The summed E-state index contributed by atoms with van der Waals surface area (Å²) in [6, 6.07) is 6.18. The summed E-state index contributed by atoms with van der Waals surface area (Å²) in [5, 5.41) is 3.02. The van der Waals surface area contributed by atoms with Crippen LogP contribution in [0.2, 0.25) is 0 Å². The monoisotopic (exact) mass is 351 g/mol. The lowest BCUT2D eigenvalue weighted by Gasteiger charge is -2.28. The van der Waals surface area contributed by atoms with Gasteiger partial charge in [0.15, 0.2) is 0 Å². The average Bonchev–Trinajstić information content (AvgIpc) is 3.31. The summed E-state index contributed by atoms with van der Waals surface area (Å²) in [7, 11) is -3.57. The molecule has 0 aromatic heterocycles. The maximum atomic E-state index is 12.5. The molecule has 0 saturated heterocycles. The van der Waals surface area contributed by atoms with Crippen molar-refractivity contribution >= 4 is 15.9 Å². The number of nitrogens with one attached hydrogen (secondary N) is 2.